The molecule has 5 nitrogen and oxygen atoms in total. The Kier molecular flexibility index (Phi) is 3.88. The van der Waals surface area contributed by atoms with E-state index in [0.29, 0.717) is 5.56 Å². The number of piperazine rings is 1. The number of amides is 1. The van der Waals surface area contributed by atoms with Crippen LogP contribution in [-0.4, -0.2) is 54.0 Å². The van der Waals surface area contributed by atoms with Crippen molar-refractivity contribution in [1.29, 1.82) is 0 Å². The fraction of sp³-hybridized carbons (Fsp3) is 0.263. The van der Waals surface area contributed by atoms with Gasteiger partial charge in [0.1, 0.15) is 0 Å². The van der Waals surface area contributed by atoms with Gasteiger partial charge in [0.2, 0.25) is 0 Å². The van der Waals surface area contributed by atoms with E-state index in [1.54, 1.807) is 0 Å². The summed E-state index contributed by atoms with van der Waals surface area (Å²) in [6.07, 6.45) is 0. The largest absolute Gasteiger partial charge is 0.304 e. The summed E-state index contributed by atoms with van der Waals surface area (Å²) in [6.45, 7) is 3.59. The van der Waals surface area contributed by atoms with Gasteiger partial charge in [0, 0.05) is 37.0 Å². The molecule has 1 amide bonds. The van der Waals surface area contributed by atoms with E-state index in [1.165, 1.54) is 0 Å². The molecular formula is C19H20N4O. The minimum Gasteiger partial charge on any atom is -0.304 e. The Labute approximate surface area is 140 Å². The minimum atomic E-state index is -0.0608. The normalized spacial score (nSPS) is 16.5. The maximum absolute atomic E-state index is 13.0. The van der Waals surface area contributed by atoms with Gasteiger partial charge in [-0.25, -0.2) is 9.99 Å². The summed E-state index contributed by atoms with van der Waals surface area (Å²) in [7, 11) is 2.10. The van der Waals surface area contributed by atoms with E-state index in [1.807, 2.05) is 53.5 Å². The van der Waals surface area contributed by atoms with Gasteiger partial charge in [-0.05, 0) is 19.2 Å². The molecular weight excluding hydrogens is 300 g/mol. The molecule has 1 aliphatic heterocycles. The molecule has 122 valence electrons. The number of hydrazine groups is 1. The lowest BCUT2D eigenvalue weighted by atomic mass is 10.0. The molecule has 0 radical (unpaired) electrons. The summed E-state index contributed by atoms with van der Waals surface area (Å²) in [5.74, 6) is -0.0608. The molecule has 1 aliphatic rings. The van der Waals surface area contributed by atoms with Crippen LogP contribution in [0.2, 0.25) is 0 Å². The zero-order valence-corrected chi connectivity index (χ0v) is 13.7. The monoisotopic (exact) mass is 320 g/mol. The molecule has 2 aromatic carbocycles. The Bertz CT molecular complexity index is 846. The van der Waals surface area contributed by atoms with E-state index in [9.17, 15) is 4.79 Å². The van der Waals surface area contributed by atoms with Crippen molar-refractivity contribution >= 4 is 27.7 Å². The number of pyridine rings is 1. The van der Waals surface area contributed by atoms with E-state index >= 15 is 0 Å². The highest BCUT2D eigenvalue weighted by Gasteiger charge is 2.20. The third-order valence-corrected chi connectivity index (χ3v) is 4.58. The van der Waals surface area contributed by atoms with Gasteiger partial charge in [-0.15, -0.1) is 0 Å². The van der Waals surface area contributed by atoms with Gasteiger partial charge in [-0.1, -0.05) is 36.4 Å². The van der Waals surface area contributed by atoms with Crippen molar-refractivity contribution in [3.8, 4) is 0 Å². The van der Waals surface area contributed by atoms with Crippen molar-refractivity contribution in [3.63, 3.8) is 0 Å². The number of hydrogen-bond donors (Lipinski definition) is 1. The van der Waals surface area contributed by atoms with E-state index in [2.05, 4.69) is 22.4 Å². The molecule has 4 rings (SSSR count). The number of rotatable bonds is 2. The molecule has 0 saturated carbocycles. The van der Waals surface area contributed by atoms with Crippen molar-refractivity contribution in [1.82, 2.24) is 20.3 Å². The van der Waals surface area contributed by atoms with Crippen LogP contribution in [0.5, 0.6) is 0 Å². The first-order chi connectivity index (χ1) is 11.7. The Morgan fingerprint density at radius 2 is 1.46 bits per heavy atom. The standard InChI is InChI=1S/C19H20N4O/c1-22-10-12-23(13-11-22)21-19(24)18-14-6-2-4-8-16(14)20-17-9-5-3-7-15(17)18/h2-9H,10-13H2,1H3,(H,21,24). The zero-order chi connectivity index (χ0) is 16.5. The number of carbonyl (C=O) groups excluding carboxylic acids is 1. The summed E-state index contributed by atoms with van der Waals surface area (Å²) in [5, 5.41) is 3.79. The first-order valence-electron chi connectivity index (χ1n) is 8.24. The Balaban J connectivity index is 1.77. The van der Waals surface area contributed by atoms with Gasteiger partial charge >= 0.3 is 0 Å². The quantitative estimate of drug-likeness (QED) is 0.736. The molecule has 0 atom stereocenters. The zero-order valence-electron chi connectivity index (χ0n) is 13.7. The number of fused-ring (bicyclic) bond motifs is 2. The van der Waals surface area contributed by atoms with Crippen LogP contribution in [0.3, 0.4) is 0 Å². The fourth-order valence-electron chi connectivity index (χ4n) is 3.20. The SMILES string of the molecule is CN1CCN(NC(=O)c2c3ccccc3nc3ccccc23)CC1. The third-order valence-electron chi connectivity index (χ3n) is 4.58. The van der Waals surface area contributed by atoms with Crippen molar-refractivity contribution in [2.45, 2.75) is 0 Å². The van der Waals surface area contributed by atoms with Gasteiger partial charge in [0.05, 0.1) is 16.6 Å². The van der Waals surface area contributed by atoms with Gasteiger partial charge in [0.25, 0.3) is 5.91 Å². The van der Waals surface area contributed by atoms with Crippen LogP contribution in [0.4, 0.5) is 0 Å². The number of benzene rings is 2. The summed E-state index contributed by atoms with van der Waals surface area (Å²) in [4.78, 5) is 20.0. The molecule has 5 heteroatoms. The van der Waals surface area contributed by atoms with Gasteiger partial charge in [-0.2, -0.15) is 0 Å². The number of likely N-dealkylation sites (N-methyl/N-ethyl adjacent to an activating group) is 1. The molecule has 1 aromatic heterocycles. The average molecular weight is 320 g/mol. The average Bonchev–Trinajstić information content (AvgIpc) is 2.61. The highest BCUT2D eigenvalue weighted by atomic mass is 16.2. The first kappa shape index (κ1) is 15.1. The lowest BCUT2D eigenvalue weighted by molar-refractivity contribution is 0.0665. The summed E-state index contributed by atoms with van der Waals surface area (Å²) < 4.78 is 0. The van der Waals surface area contributed by atoms with Crippen LogP contribution >= 0.6 is 0 Å². The molecule has 0 bridgehead atoms. The second kappa shape index (κ2) is 6.19. The number of para-hydroxylation sites is 2. The predicted molar refractivity (Wildman–Crippen MR) is 95.8 cm³/mol. The summed E-state index contributed by atoms with van der Waals surface area (Å²) >= 11 is 0. The van der Waals surface area contributed by atoms with Crippen LogP contribution < -0.4 is 5.43 Å². The van der Waals surface area contributed by atoms with Crippen LogP contribution in [0.15, 0.2) is 48.5 Å². The molecule has 24 heavy (non-hydrogen) atoms. The Morgan fingerprint density at radius 3 is 2.04 bits per heavy atom. The Morgan fingerprint density at radius 1 is 0.917 bits per heavy atom. The lowest BCUT2D eigenvalue weighted by Gasteiger charge is -2.32. The second-order valence-electron chi connectivity index (χ2n) is 6.25. The molecule has 3 aromatic rings. The Hall–Kier alpha value is -2.50. The summed E-state index contributed by atoms with van der Waals surface area (Å²) in [5.41, 5.74) is 5.48. The van der Waals surface area contributed by atoms with E-state index in [4.69, 9.17) is 0 Å². The predicted octanol–water partition coefficient (Wildman–Crippen LogP) is 2.28. The second-order valence-corrected chi connectivity index (χ2v) is 6.25. The highest BCUT2D eigenvalue weighted by Crippen LogP contribution is 2.25. The molecule has 0 unspecified atom stereocenters. The molecule has 0 aliphatic carbocycles. The van der Waals surface area contributed by atoms with Crippen molar-refractivity contribution in [2.75, 3.05) is 33.2 Å². The van der Waals surface area contributed by atoms with Gasteiger partial charge < -0.3 is 4.90 Å². The maximum Gasteiger partial charge on any atom is 0.266 e. The van der Waals surface area contributed by atoms with Crippen LogP contribution in [0, 0.1) is 0 Å². The van der Waals surface area contributed by atoms with Crippen molar-refractivity contribution in [3.05, 3.63) is 54.1 Å². The first-order valence-corrected chi connectivity index (χ1v) is 8.24. The van der Waals surface area contributed by atoms with Crippen LogP contribution in [0.25, 0.3) is 21.8 Å². The maximum atomic E-state index is 13.0. The van der Waals surface area contributed by atoms with Gasteiger partial charge in [0.15, 0.2) is 0 Å². The van der Waals surface area contributed by atoms with E-state index in [0.717, 1.165) is 48.0 Å². The molecule has 1 fully saturated rings. The van der Waals surface area contributed by atoms with Crippen LogP contribution in [0.1, 0.15) is 10.4 Å². The minimum absolute atomic E-state index is 0.0608. The molecule has 1 N–H and O–H groups in total. The van der Waals surface area contributed by atoms with E-state index < -0.39 is 0 Å². The number of nitrogens with zero attached hydrogens (tertiary/aromatic N) is 3. The van der Waals surface area contributed by atoms with Crippen molar-refractivity contribution < 1.29 is 4.79 Å². The molecule has 0 spiro atoms. The van der Waals surface area contributed by atoms with E-state index in [-0.39, 0.29) is 5.91 Å². The number of nitrogens with one attached hydrogen (secondary N) is 1. The third kappa shape index (κ3) is 2.72. The topological polar surface area (TPSA) is 48.5 Å². The number of hydrogen-bond acceptors (Lipinski definition) is 4. The molecule has 1 saturated heterocycles. The number of aromatic nitrogens is 1. The summed E-state index contributed by atoms with van der Waals surface area (Å²) in [6, 6.07) is 15.6. The van der Waals surface area contributed by atoms with Crippen molar-refractivity contribution in [2.24, 2.45) is 0 Å². The highest BCUT2D eigenvalue weighted by molar-refractivity contribution is 6.16. The van der Waals surface area contributed by atoms with Crippen LogP contribution in [-0.2, 0) is 0 Å². The lowest BCUT2D eigenvalue weighted by Crippen LogP contribution is -2.52. The molecule has 2 heterocycles. The fourth-order valence-corrected chi connectivity index (χ4v) is 3.20. The van der Waals surface area contributed by atoms with Gasteiger partial charge in [-0.3, -0.25) is 10.2 Å². The number of carbonyl (C=O) groups is 1. The smallest absolute Gasteiger partial charge is 0.266 e.